The average molecular weight is 662 g/mol. The van der Waals surface area contributed by atoms with Crippen LogP contribution in [0.2, 0.25) is 0 Å². The number of hydrogen-bond acceptors (Lipinski definition) is 3. The van der Waals surface area contributed by atoms with Crippen LogP contribution in [0.25, 0.3) is 99.5 Å². The largest absolute Gasteiger partial charge is 0.208 e. The molecule has 10 aromatic rings. The number of hydrogen-bond donors (Lipinski definition) is 0. The molecule has 0 amide bonds. The monoisotopic (exact) mass is 661 g/mol. The van der Waals surface area contributed by atoms with Crippen molar-refractivity contribution in [3.05, 3.63) is 188 Å². The van der Waals surface area contributed by atoms with Crippen LogP contribution in [0.3, 0.4) is 0 Å². The minimum atomic E-state index is 0.632. The highest BCUT2D eigenvalue weighted by Crippen LogP contribution is 2.40. The average Bonchev–Trinajstić information content (AvgIpc) is 3.23. The molecule has 1 aromatic heterocycles. The molecule has 0 unspecified atom stereocenters. The van der Waals surface area contributed by atoms with Crippen molar-refractivity contribution in [2.45, 2.75) is 0 Å². The zero-order chi connectivity index (χ0) is 34.4. The standard InChI is InChI=1S/C49H31N3/c1-2-14-33(15-3-1)40-21-10-11-24-44(40)48-50-47(39-20-12-19-36(30-39)37-26-25-32-13-4-5-17-35(32)29-37)51-49(52-48)46-42-23-9-7-18-38(42)31-45-41-22-8-6-16-34(41)27-28-43(45)46/h1-31H. The third-order valence-electron chi connectivity index (χ3n) is 10.1. The summed E-state index contributed by atoms with van der Waals surface area (Å²) in [6.07, 6.45) is 0. The van der Waals surface area contributed by atoms with Crippen molar-refractivity contribution in [2.75, 3.05) is 0 Å². The van der Waals surface area contributed by atoms with Crippen LogP contribution in [0.1, 0.15) is 0 Å². The molecule has 0 N–H and O–H groups in total. The maximum atomic E-state index is 5.36. The zero-order valence-corrected chi connectivity index (χ0v) is 28.2. The molecule has 10 rings (SSSR count). The van der Waals surface area contributed by atoms with Crippen molar-refractivity contribution in [1.82, 2.24) is 15.0 Å². The SMILES string of the molecule is c1ccc(-c2ccccc2-c2nc(-c3cccc(-c4ccc5ccccc5c4)c3)nc(-c3c4ccccc4cc4c3ccc3ccccc34)n2)cc1. The summed E-state index contributed by atoms with van der Waals surface area (Å²) in [5.41, 5.74) is 7.34. The van der Waals surface area contributed by atoms with Crippen LogP contribution in [-0.2, 0) is 0 Å². The van der Waals surface area contributed by atoms with Gasteiger partial charge in [0.1, 0.15) is 0 Å². The number of rotatable bonds is 5. The smallest absolute Gasteiger partial charge is 0.165 e. The van der Waals surface area contributed by atoms with E-state index < -0.39 is 0 Å². The quantitative estimate of drug-likeness (QED) is 0.136. The molecule has 0 saturated carbocycles. The third kappa shape index (κ3) is 5.19. The summed E-state index contributed by atoms with van der Waals surface area (Å²) in [4.78, 5) is 16.0. The summed E-state index contributed by atoms with van der Waals surface area (Å²) in [5, 5.41) is 9.39. The Morgan fingerprint density at radius 3 is 1.71 bits per heavy atom. The van der Waals surface area contributed by atoms with Crippen molar-refractivity contribution in [1.29, 1.82) is 0 Å². The molecule has 1 heterocycles. The number of fused-ring (bicyclic) bond motifs is 5. The van der Waals surface area contributed by atoms with Crippen LogP contribution in [-0.4, -0.2) is 15.0 Å². The van der Waals surface area contributed by atoms with Gasteiger partial charge in [-0.1, -0.05) is 170 Å². The van der Waals surface area contributed by atoms with Crippen molar-refractivity contribution >= 4 is 43.1 Å². The molecule has 3 heteroatoms. The number of nitrogens with zero attached hydrogens (tertiary/aromatic N) is 3. The Kier molecular flexibility index (Phi) is 7.14. The fourth-order valence-electron chi connectivity index (χ4n) is 7.55. The molecule has 0 radical (unpaired) electrons. The van der Waals surface area contributed by atoms with Crippen LogP contribution in [0, 0.1) is 0 Å². The summed E-state index contributed by atoms with van der Waals surface area (Å²) < 4.78 is 0. The van der Waals surface area contributed by atoms with Crippen molar-refractivity contribution in [3.8, 4) is 56.4 Å². The molecule has 0 saturated heterocycles. The van der Waals surface area contributed by atoms with Crippen LogP contribution >= 0.6 is 0 Å². The van der Waals surface area contributed by atoms with Gasteiger partial charge in [-0.15, -0.1) is 0 Å². The van der Waals surface area contributed by atoms with Gasteiger partial charge >= 0.3 is 0 Å². The number of aromatic nitrogens is 3. The molecular formula is C49H31N3. The first-order valence-electron chi connectivity index (χ1n) is 17.6. The van der Waals surface area contributed by atoms with Gasteiger partial charge in [0.25, 0.3) is 0 Å². The van der Waals surface area contributed by atoms with Gasteiger partial charge in [0.05, 0.1) is 0 Å². The Balaban J connectivity index is 1.25. The van der Waals surface area contributed by atoms with Crippen molar-refractivity contribution < 1.29 is 0 Å². The van der Waals surface area contributed by atoms with E-state index >= 15 is 0 Å². The molecule has 0 aliphatic rings. The second kappa shape index (κ2) is 12.4. The van der Waals surface area contributed by atoms with Gasteiger partial charge in [-0.25, -0.2) is 15.0 Å². The molecule has 0 aliphatic heterocycles. The van der Waals surface area contributed by atoms with E-state index in [1.165, 1.54) is 26.9 Å². The molecule has 0 spiro atoms. The van der Waals surface area contributed by atoms with Gasteiger partial charge in [0, 0.05) is 16.7 Å². The fraction of sp³-hybridized carbons (Fsp3) is 0. The predicted octanol–water partition coefficient (Wildman–Crippen LogP) is 12.8. The van der Waals surface area contributed by atoms with Crippen LogP contribution in [0.4, 0.5) is 0 Å². The molecular weight excluding hydrogens is 631 g/mol. The summed E-state index contributed by atoms with van der Waals surface area (Å²) in [6.45, 7) is 0. The van der Waals surface area contributed by atoms with Gasteiger partial charge in [0.15, 0.2) is 17.5 Å². The van der Waals surface area contributed by atoms with E-state index in [2.05, 4.69) is 182 Å². The Bertz CT molecular complexity index is 2970. The predicted molar refractivity (Wildman–Crippen MR) is 217 cm³/mol. The van der Waals surface area contributed by atoms with E-state index in [1.54, 1.807) is 0 Å². The maximum absolute atomic E-state index is 5.36. The lowest BCUT2D eigenvalue weighted by Crippen LogP contribution is -2.02. The summed E-state index contributed by atoms with van der Waals surface area (Å²) in [5.74, 6) is 1.92. The van der Waals surface area contributed by atoms with Crippen LogP contribution < -0.4 is 0 Å². The molecule has 0 aliphatic carbocycles. The second-order valence-corrected chi connectivity index (χ2v) is 13.2. The zero-order valence-electron chi connectivity index (χ0n) is 28.2. The minimum absolute atomic E-state index is 0.632. The van der Waals surface area contributed by atoms with Gasteiger partial charge in [-0.3, -0.25) is 0 Å². The lowest BCUT2D eigenvalue weighted by atomic mass is 9.93. The molecule has 242 valence electrons. The Hall–Kier alpha value is -6.97. The van der Waals surface area contributed by atoms with Crippen LogP contribution in [0.15, 0.2) is 188 Å². The van der Waals surface area contributed by atoms with E-state index in [1.807, 2.05) is 6.07 Å². The van der Waals surface area contributed by atoms with E-state index in [0.29, 0.717) is 17.5 Å². The molecule has 0 atom stereocenters. The van der Waals surface area contributed by atoms with Gasteiger partial charge in [-0.05, 0) is 83.5 Å². The van der Waals surface area contributed by atoms with E-state index in [4.69, 9.17) is 15.0 Å². The lowest BCUT2D eigenvalue weighted by Gasteiger charge is -2.16. The van der Waals surface area contributed by atoms with E-state index in [0.717, 1.165) is 55.1 Å². The normalized spacial score (nSPS) is 11.5. The minimum Gasteiger partial charge on any atom is -0.208 e. The topological polar surface area (TPSA) is 38.7 Å². The molecule has 3 nitrogen and oxygen atoms in total. The van der Waals surface area contributed by atoms with Gasteiger partial charge < -0.3 is 0 Å². The highest BCUT2D eigenvalue weighted by Gasteiger charge is 2.20. The highest BCUT2D eigenvalue weighted by atomic mass is 15.0. The Labute approximate surface area is 301 Å². The molecule has 52 heavy (non-hydrogen) atoms. The maximum Gasteiger partial charge on any atom is 0.165 e. The molecule has 0 fully saturated rings. The van der Waals surface area contributed by atoms with Gasteiger partial charge in [-0.2, -0.15) is 0 Å². The van der Waals surface area contributed by atoms with E-state index in [9.17, 15) is 0 Å². The second-order valence-electron chi connectivity index (χ2n) is 13.2. The van der Waals surface area contributed by atoms with E-state index in [-0.39, 0.29) is 0 Å². The first-order chi connectivity index (χ1) is 25.8. The van der Waals surface area contributed by atoms with Crippen molar-refractivity contribution in [2.24, 2.45) is 0 Å². The highest BCUT2D eigenvalue weighted by molar-refractivity contribution is 6.19. The Morgan fingerprint density at radius 1 is 0.250 bits per heavy atom. The first-order valence-corrected chi connectivity index (χ1v) is 17.6. The first kappa shape index (κ1) is 29.9. The third-order valence-corrected chi connectivity index (χ3v) is 10.1. The molecule has 9 aromatic carbocycles. The van der Waals surface area contributed by atoms with Crippen LogP contribution in [0.5, 0.6) is 0 Å². The molecule has 0 bridgehead atoms. The van der Waals surface area contributed by atoms with Crippen molar-refractivity contribution in [3.63, 3.8) is 0 Å². The number of benzene rings is 9. The fourth-order valence-corrected chi connectivity index (χ4v) is 7.55. The van der Waals surface area contributed by atoms with Gasteiger partial charge in [0.2, 0.25) is 0 Å². The Morgan fingerprint density at radius 2 is 0.846 bits per heavy atom. The summed E-state index contributed by atoms with van der Waals surface area (Å²) >= 11 is 0. The summed E-state index contributed by atoms with van der Waals surface area (Å²) in [6, 6.07) is 66.4. The lowest BCUT2D eigenvalue weighted by molar-refractivity contribution is 1.08. The summed E-state index contributed by atoms with van der Waals surface area (Å²) in [7, 11) is 0.